The van der Waals surface area contributed by atoms with Gasteiger partial charge in [-0.15, -0.1) is 0 Å². The summed E-state index contributed by atoms with van der Waals surface area (Å²) in [4.78, 5) is 0. The number of hydrogen-bond donors (Lipinski definition) is 3. The summed E-state index contributed by atoms with van der Waals surface area (Å²) in [5.74, 6) is 0. The summed E-state index contributed by atoms with van der Waals surface area (Å²) in [6.45, 7) is 15.3. The van der Waals surface area contributed by atoms with Gasteiger partial charge in [-0.1, -0.05) is 128 Å². The van der Waals surface area contributed by atoms with E-state index in [9.17, 15) is 15.3 Å². The Labute approximate surface area is 243 Å². The molecule has 3 atom stereocenters. The first-order chi connectivity index (χ1) is 19.1. The molecule has 3 heteroatoms. The Balaban J connectivity index is 2.26. The van der Waals surface area contributed by atoms with E-state index >= 15 is 0 Å². The SMILES string of the molecule is CCCC(c1ccc(C(C)(CC)CO)cc1)(c1ccc(C(C)(CC)CO)cc1)c1ccc(C(C)(CC)CO)cc1. The van der Waals surface area contributed by atoms with Crippen molar-refractivity contribution in [1.29, 1.82) is 0 Å². The first-order valence-corrected chi connectivity index (χ1v) is 15.2. The van der Waals surface area contributed by atoms with Crippen LogP contribution in [0.5, 0.6) is 0 Å². The second-order valence-corrected chi connectivity index (χ2v) is 12.6. The monoisotopic (exact) mass is 544 g/mol. The van der Waals surface area contributed by atoms with Gasteiger partial charge in [-0.3, -0.25) is 0 Å². The quantitative estimate of drug-likeness (QED) is 0.181. The van der Waals surface area contributed by atoms with Crippen LogP contribution >= 0.6 is 0 Å². The third-order valence-electron chi connectivity index (χ3n) is 10.2. The van der Waals surface area contributed by atoms with Crippen molar-refractivity contribution in [3.63, 3.8) is 0 Å². The molecular weight excluding hydrogens is 492 g/mol. The molecule has 3 aromatic rings. The summed E-state index contributed by atoms with van der Waals surface area (Å²) in [6.07, 6.45) is 4.54. The van der Waals surface area contributed by atoms with E-state index in [4.69, 9.17) is 0 Å². The summed E-state index contributed by atoms with van der Waals surface area (Å²) in [7, 11) is 0. The molecule has 0 fully saturated rings. The molecule has 0 aliphatic rings. The first kappa shape index (κ1) is 32.1. The highest BCUT2D eigenvalue weighted by Crippen LogP contribution is 2.45. The topological polar surface area (TPSA) is 60.7 Å². The molecule has 218 valence electrons. The van der Waals surface area contributed by atoms with Crippen LogP contribution in [-0.2, 0) is 21.7 Å². The van der Waals surface area contributed by atoms with Crippen molar-refractivity contribution in [3.8, 4) is 0 Å². The van der Waals surface area contributed by atoms with E-state index in [0.717, 1.165) is 48.8 Å². The predicted octanol–water partition coefficient (Wildman–Crippen LogP) is 7.80. The number of rotatable bonds is 14. The maximum absolute atomic E-state index is 10.1. The van der Waals surface area contributed by atoms with Crippen LogP contribution in [0.25, 0.3) is 0 Å². The Hall–Kier alpha value is -2.46. The second-order valence-electron chi connectivity index (χ2n) is 12.6. The summed E-state index contributed by atoms with van der Waals surface area (Å²) in [5, 5.41) is 30.4. The van der Waals surface area contributed by atoms with Crippen molar-refractivity contribution in [2.24, 2.45) is 0 Å². The zero-order chi connectivity index (χ0) is 29.6. The zero-order valence-corrected chi connectivity index (χ0v) is 25.9. The third kappa shape index (κ3) is 5.79. The summed E-state index contributed by atoms with van der Waals surface area (Å²) < 4.78 is 0. The Bertz CT molecular complexity index is 1030. The Kier molecular flexibility index (Phi) is 10.4. The van der Waals surface area contributed by atoms with Crippen molar-refractivity contribution < 1.29 is 15.3 Å². The van der Waals surface area contributed by atoms with Crippen LogP contribution in [0.1, 0.15) is 114 Å². The molecule has 0 spiro atoms. The van der Waals surface area contributed by atoms with Gasteiger partial charge in [0.1, 0.15) is 0 Å². The Morgan fingerprint density at radius 2 is 0.650 bits per heavy atom. The summed E-state index contributed by atoms with van der Waals surface area (Å²) >= 11 is 0. The van der Waals surface area contributed by atoms with Crippen molar-refractivity contribution in [3.05, 3.63) is 106 Å². The van der Waals surface area contributed by atoms with Gasteiger partial charge >= 0.3 is 0 Å². The molecule has 0 aliphatic heterocycles. The molecular formula is C37H52O3. The lowest BCUT2D eigenvalue weighted by Gasteiger charge is -2.38. The van der Waals surface area contributed by atoms with Crippen LogP contribution in [0.15, 0.2) is 72.8 Å². The van der Waals surface area contributed by atoms with E-state index in [1.165, 1.54) is 16.7 Å². The molecule has 3 nitrogen and oxygen atoms in total. The lowest BCUT2D eigenvalue weighted by atomic mass is 9.65. The third-order valence-corrected chi connectivity index (χ3v) is 10.2. The minimum Gasteiger partial charge on any atom is -0.395 e. The molecule has 3 N–H and O–H groups in total. The number of benzene rings is 3. The fraction of sp³-hybridized carbons (Fsp3) is 0.514. The minimum absolute atomic E-state index is 0.119. The number of aliphatic hydroxyl groups is 3. The van der Waals surface area contributed by atoms with Gasteiger partial charge in [0.15, 0.2) is 0 Å². The van der Waals surface area contributed by atoms with Crippen LogP contribution < -0.4 is 0 Å². The molecule has 0 saturated carbocycles. The Morgan fingerprint density at radius 1 is 0.425 bits per heavy atom. The van der Waals surface area contributed by atoms with Gasteiger partial charge in [0, 0.05) is 21.7 Å². The van der Waals surface area contributed by atoms with Gasteiger partial charge in [-0.25, -0.2) is 0 Å². The van der Waals surface area contributed by atoms with Gasteiger partial charge < -0.3 is 15.3 Å². The largest absolute Gasteiger partial charge is 0.395 e. The maximum atomic E-state index is 10.1. The van der Waals surface area contributed by atoms with Gasteiger partial charge in [0.25, 0.3) is 0 Å². The normalized spacial score (nSPS) is 17.9. The van der Waals surface area contributed by atoms with E-state index in [2.05, 4.69) is 121 Å². The highest BCUT2D eigenvalue weighted by atomic mass is 16.3. The van der Waals surface area contributed by atoms with E-state index in [1.54, 1.807) is 0 Å². The van der Waals surface area contributed by atoms with Crippen LogP contribution in [0.4, 0.5) is 0 Å². The molecule has 3 rings (SSSR count). The summed E-state index contributed by atoms with van der Waals surface area (Å²) in [6, 6.07) is 26.7. The Morgan fingerprint density at radius 3 is 0.825 bits per heavy atom. The molecule has 0 aliphatic carbocycles. The zero-order valence-electron chi connectivity index (χ0n) is 25.9. The fourth-order valence-electron chi connectivity index (χ4n) is 6.00. The molecule has 3 aromatic carbocycles. The first-order valence-electron chi connectivity index (χ1n) is 15.2. The smallest absolute Gasteiger partial charge is 0.0525 e. The molecule has 0 heterocycles. The van der Waals surface area contributed by atoms with E-state index in [-0.39, 0.29) is 41.5 Å². The van der Waals surface area contributed by atoms with E-state index < -0.39 is 0 Å². The lowest BCUT2D eigenvalue weighted by Crippen LogP contribution is -2.31. The second kappa shape index (κ2) is 13.0. The molecule has 0 saturated heterocycles. The average molecular weight is 545 g/mol. The predicted molar refractivity (Wildman–Crippen MR) is 168 cm³/mol. The van der Waals surface area contributed by atoms with Crippen LogP contribution in [0.2, 0.25) is 0 Å². The van der Waals surface area contributed by atoms with Crippen molar-refractivity contribution in [2.45, 2.75) is 102 Å². The molecule has 3 unspecified atom stereocenters. The van der Waals surface area contributed by atoms with Crippen molar-refractivity contribution in [1.82, 2.24) is 0 Å². The van der Waals surface area contributed by atoms with Crippen molar-refractivity contribution >= 4 is 0 Å². The number of aliphatic hydroxyl groups excluding tert-OH is 3. The van der Waals surface area contributed by atoms with Gasteiger partial charge in [0.2, 0.25) is 0 Å². The average Bonchev–Trinajstić information content (AvgIpc) is 3.02. The molecule has 0 amide bonds. The minimum atomic E-state index is -0.365. The summed E-state index contributed by atoms with van der Waals surface area (Å²) in [5.41, 5.74) is 6.00. The van der Waals surface area contributed by atoms with Gasteiger partial charge in [-0.2, -0.15) is 0 Å². The van der Waals surface area contributed by atoms with E-state index in [0.29, 0.717) is 0 Å². The van der Waals surface area contributed by atoms with Crippen molar-refractivity contribution in [2.75, 3.05) is 19.8 Å². The molecule has 0 aromatic heterocycles. The fourth-order valence-corrected chi connectivity index (χ4v) is 6.00. The van der Waals surface area contributed by atoms with Gasteiger partial charge in [0.05, 0.1) is 19.8 Å². The molecule has 40 heavy (non-hydrogen) atoms. The van der Waals surface area contributed by atoms with Crippen LogP contribution in [0, 0.1) is 0 Å². The van der Waals surface area contributed by atoms with E-state index in [1.807, 2.05) is 0 Å². The maximum Gasteiger partial charge on any atom is 0.0525 e. The number of hydrogen-bond acceptors (Lipinski definition) is 3. The van der Waals surface area contributed by atoms with Crippen LogP contribution in [0.3, 0.4) is 0 Å². The highest BCUT2D eigenvalue weighted by molar-refractivity contribution is 5.53. The van der Waals surface area contributed by atoms with Crippen LogP contribution in [-0.4, -0.2) is 35.1 Å². The van der Waals surface area contributed by atoms with Gasteiger partial charge in [-0.05, 0) is 59.1 Å². The molecule has 0 radical (unpaired) electrons. The molecule has 0 bridgehead atoms. The lowest BCUT2D eigenvalue weighted by molar-refractivity contribution is 0.201. The standard InChI is InChI=1S/C37H52O3/c1-8-24-37(31-18-12-28(13-19-31)34(5,9-2)25-38,32-20-14-29(15-21-32)35(6,10-3)26-39)33-22-16-30(17-23-33)36(7,11-4)27-40/h12-23,38-40H,8-11,24-27H2,1-7H3. The highest BCUT2D eigenvalue weighted by Gasteiger charge is 2.37.